The van der Waals surface area contributed by atoms with Crippen LogP contribution in [0.15, 0.2) is 0 Å². The molecule has 0 aromatic rings. The number of carbonyl (C=O) groups is 3. The van der Waals surface area contributed by atoms with Crippen molar-refractivity contribution in [2.75, 3.05) is 6.61 Å². The van der Waals surface area contributed by atoms with Crippen LogP contribution in [0.3, 0.4) is 0 Å². The zero-order chi connectivity index (χ0) is 20.9. The first-order valence-electron chi connectivity index (χ1n) is 10.5. The molecule has 6 atom stereocenters. The summed E-state index contributed by atoms with van der Waals surface area (Å²) < 4.78 is 16.4. The van der Waals surface area contributed by atoms with E-state index >= 15 is 0 Å². The second-order valence-corrected chi connectivity index (χ2v) is 10.7. The fourth-order valence-corrected chi connectivity index (χ4v) is 5.35. The smallest absolute Gasteiger partial charge is 0.344 e. The average Bonchev–Trinajstić information content (AvgIpc) is 3.06. The van der Waals surface area contributed by atoms with Crippen molar-refractivity contribution in [1.82, 2.24) is 0 Å². The predicted molar refractivity (Wildman–Crippen MR) is 102 cm³/mol. The van der Waals surface area contributed by atoms with E-state index in [9.17, 15) is 14.4 Å². The summed E-state index contributed by atoms with van der Waals surface area (Å²) in [6.45, 7) is 11.7. The Morgan fingerprint density at radius 1 is 1.14 bits per heavy atom. The van der Waals surface area contributed by atoms with Gasteiger partial charge in [0.15, 0.2) is 6.61 Å². The largest absolute Gasteiger partial charge is 0.458 e. The van der Waals surface area contributed by atoms with Crippen molar-refractivity contribution in [1.29, 1.82) is 0 Å². The first-order chi connectivity index (χ1) is 12.9. The highest BCUT2D eigenvalue weighted by Crippen LogP contribution is 2.52. The zero-order valence-corrected chi connectivity index (χ0v) is 17.9. The molecule has 6 unspecified atom stereocenters. The van der Waals surface area contributed by atoms with E-state index in [-0.39, 0.29) is 41.2 Å². The summed E-state index contributed by atoms with van der Waals surface area (Å²) in [6.07, 6.45) is 2.44. The van der Waals surface area contributed by atoms with E-state index in [1.807, 2.05) is 20.8 Å². The molecular formula is C22H34O6. The van der Waals surface area contributed by atoms with Gasteiger partial charge in [0.2, 0.25) is 0 Å². The molecule has 1 saturated heterocycles. The molecule has 3 aliphatic rings. The number of hydrogen-bond donors (Lipinski definition) is 0. The minimum atomic E-state index is -0.670. The van der Waals surface area contributed by atoms with Crippen LogP contribution in [0.5, 0.6) is 0 Å². The zero-order valence-electron chi connectivity index (χ0n) is 17.9. The van der Waals surface area contributed by atoms with Crippen LogP contribution < -0.4 is 0 Å². The second-order valence-electron chi connectivity index (χ2n) is 10.7. The van der Waals surface area contributed by atoms with Gasteiger partial charge in [0.1, 0.15) is 12.2 Å². The standard InChI is InChI=1S/C22H34O6/c1-12(2)22(6,11-21(3,4)5)20(25)26-10-17(23)27-16-9-13-7-14-15(8-13)19(24)28-18(14)16/h12-16,18H,7-11H2,1-6H3. The summed E-state index contributed by atoms with van der Waals surface area (Å²) in [5.41, 5.74) is -0.709. The molecule has 6 heteroatoms. The van der Waals surface area contributed by atoms with Gasteiger partial charge >= 0.3 is 17.9 Å². The van der Waals surface area contributed by atoms with Gasteiger partial charge in [0, 0.05) is 5.92 Å². The van der Waals surface area contributed by atoms with Gasteiger partial charge in [0.05, 0.1) is 11.3 Å². The fourth-order valence-electron chi connectivity index (χ4n) is 5.35. The van der Waals surface area contributed by atoms with Crippen LogP contribution in [0.1, 0.15) is 67.2 Å². The number of ether oxygens (including phenoxy) is 3. The molecule has 1 aliphatic heterocycles. The molecule has 3 rings (SSSR count). The monoisotopic (exact) mass is 394 g/mol. The van der Waals surface area contributed by atoms with Crippen LogP contribution in [0, 0.1) is 34.5 Å². The third-order valence-corrected chi connectivity index (χ3v) is 6.86. The number of fused-ring (bicyclic) bond motifs is 1. The molecule has 28 heavy (non-hydrogen) atoms. The van der Waals surface area contributed by atoms with Crippen molar-refractivity contribution in [3.63, 3.8) is 0 Å². The Balaban J connectivity index is 1.55. The minimum absolute atomic E-state index is 0.0272. The van der Waals surface area contributed by atoms with Gasteiger partial charge in [0.25, 0.3) is 0 Å². The first-order valence-corrected chi connectivity index (χ1v) is 10.5. The normalized spacial score (nSPS) is 33.4. The molecule has 0 radical (unpaired) electrons. The number of hydrogen-bond acceptors (Lipinski definition) is 6. The Morgan fingerprint density at radius 3 is 2.43 bits per heavy atom. The van der Waals surface area contributed by atoms with Gasteiger partial charge in [-0.3, -0.25) is 9.59 Å². The Morgan fingerprint density at radius 2 is 1.82 bits per heavy atom. The highest BCUT2D eigenvalue weighted by Gasteiger charge is 2.58. The lowest BCUT2D eigenvalue weighted by molar-refractivity contribution is -0.178. The van der Waals surface area contributed by atoms with Crippen molar-refractivity contribution in [2.45, 2.75) is 79.4 Å². The Labute approximate surface area is 167 Å². The molecule has 158 valence electrons. The number of rotatable bonds is 6. The Kier molecular flexibility index (Phi) is 5.54. The van der Waals surface area contributed by atoms with Crippen LogP contribution in [0.25, 0.3) is 0 Å². The van der Waals surface area contributed by atoms with E-state index in [4.69, 9.17) is 14.2 Å². The molecule has 0 N–H and O–H groups in total. The third kappa shape index (κ3) is 4.06. The van der Waals surface area contributed by atoms with Crippen LogP contribution in [-0.2, 0) is 28.6 Å². The lowest BCUT2D eigenvalue weighted by atomic mass is 9.69. The molecule has 0 amide bonds. The van der Waals surface area contributed by atoms with Crippen molar-refractivity contribution in [2.24, 2.45) is 34.5 Å². The SMILES string of the molecule is CC(C)C(C)(CC(C)(C)C)C(=O)OCC(=O)OC1CC2CC3C(=O)OC1C3C2. The van der Waals surface area contributed by atoms with E-state index in [1.54, 1.807) is 0 Å². The van der Waals surface area contributed by atoms with E-state index in [1.165, 1.54) is 0 Å². The fraction of sp³-hybridized carbons (Fsp3) is 0.864. The summed E-state index contributed by atoms with van der Waals surface area (Å²) in [5.74, 6) is -0.455. The molecule has 0 spiro atoms. The first kappa shape index (κ1) is 21.1. The molecule has 2 aliphatic carbocycles. The number of esters is 3. The summed E-state index contributed by atoms with van der Waals surface area (Å²) in [7, 11) is 0. The van der Waals surface area contributed by atoms with Crippen LogP contribution >= 0.6 is 0 Å². The van der Waals surface area contributed by atoms with Crippen LogP contribution in [0.4, 0.5) is 0 Å². The van der Waals surface area contributed by atoms with E-state index in [0.717, 1.165) is 19.3 Å². The van der Waals surface area contributed by atoms with E-state index < -0.39 is 24.1 Å². The van der Waals surface area contributed by atoms with Gasteiger partial charge in [-0.05, 0) is 49.9 Å². The van der Waals surface area contributed by atoms with Gasteiger partial charge in [-0.1, -0.05) is 34.6 Å². The summed E-state index contributed by atoms with van der Waals surface area (Å²) in [5, 5.41) is 0. The quantitative estimate of drug-likeness (QED) is 0.507. The van der Waals surface area contributed by atoms with Crippen molar-refractivity contribution >= 4 is 17.9 Å². The van der Waals surface area contributed by atoms with Crippen molar-refractivity contribution in [3.8, 4) is 0 Å². The second kappa shape index (κ2) is 7.34. The van der Waals surface area contributed by atoms with Crippen molar-refractivity contribution in [3.05, 3.63) is 0 Å². The lowest BCUT2D eigenvalue weighted by Crippen LogP contribution is -2.42. The molecule has 2 saturated carbocycles. The van der Waals surface area contributed by atoms with Gasteiger partial charge < -0.3 is 14.2 Å². The highest BCUT2D eigenvalue weighted by molar-refractivity contribution is 5.80. The molecule has 0 aromatic carbocycles. The summed E-state index contributed by atoms with van der Waals surface area (Å²) >= 11 is 0. The lowest BCUT2D eigenvalue weighted by Gasteiger charge is -2.36. The summed E-state index contributed by atoms with van der Waals surface area (Å²) in [4.78, 5) is 37.1. The Hall–Kier alpha value is -1.59. The molecule has 0 aromatic heterocycles. The predicted octanol–water partition coefficient (Wildman–Crippen LogP) is 3.51. The topological polar surface area (TPSA) is 78.9 Å². The minimum Gasteiger partial charge on any atom is -0.458 e. The average molecular weight is 395 g/mol. The Bertz CT molecular complexity index is 648. The van der Waals surface area contributed by atoms with Gasteiger partial charge in [-0.25, -0.2) is 4.79 Å². The maximum absolute atomic E-state index is 12.8. The maximum Gasteiger partial charge on any atom is 0.344 e. The van der Waals surface area contributed by atoms with Gasteiger partial charge in [-0.2, -0.15) is 0 Å². The summed E-state index contributed by atoms with van der Waals surface area (Å²) in [6, 6.07) is 0. The van der Waals surface area contributed by atoms with Crippen LogP contribution in [-0.4, -0.2) is 36.7 Å². The molecule has 3 fully saturated rings. The molecular weight excluding hydrogens is 360 g/mol. The highest BCUT2D eigenvalue weighted by atomic mass is 16.6. The van der Waals surface area contributed by atoms with Crippen molar-refractivity contribution < 1.29 is 28.6 Å². The number of carbonyl (C=O) groups excluding carboxylic acids is 3. The molecule has 1 heterocycles. The molecule has 2 bridgehead atoms. The van der Waals surface area contributed by atoms with Crippen LogP contribution in [0.2, 0.25) is 0 Å². The molecule has 6 nitrogen and oxygen atoms in total. The maximum atomic E-state index is 12.8. The van der Waals surface area contributed by atoms with Gasteiger partial charge in [-0.15, -0.1) is 0 Å². The van der Waals surface area contributed by atoms with E-state index in [2.05, 4.69) is 20.8 Å². The third-order valence-electron chi connectivity index (χ3n) is 6.86. The van der Waals surface area contributed by atoms with E-state index in [0.29, 0.717) is 12.3 Å².